The van der Waals surface area contributed by atoms with Crippen molar-refractivity contribution in [1.29, 1.82) is 0 Å². The summed E-state index contributed by atoms with van der Waals surface area (Å²) >= 11 is 4.54. The quantitative estimate of drug-likeness (QED) is 0.545. The zero-order chi connectivity index (χ0) is 20.5. The summed E-state index contributed by atoms with van der Waals surface area (Å²) in [5.74, 6) is 0.329. The number of anilines is 2. The molecule has 0 saturated carbocycles. The van der Waals surface area contributed by atoms with E-state index in [4.69, 9.17) is 9.15 Å². The lowest BCUT2D eigenvalue weighted by molar-refractivity contribution is -0.121. The molecule has 7 nitrogen and oxygen atoms in total. The summed E-state index contributed by atoms with van der Waals surface area (Å²) in [5, 5.41) is 3.21. The Bertz CT molecular complexity index is 1120. The van der Waals surface area contributed by atoms with Crippen molar-refractivity contribution >= 4 is 49.9 Å². The Balaban J connectivity index is 1.63. The number of hydrogen-bond acceptors (Lipinski definition) is 6. The van der Waals surface area contributed by atoms with E-state index in [0.29, 0.717) is 27.8 Å². The summed E-state index contributed by atoms with van der Waals surface area (Å²) in [5.41, 5.74) is 2.23. The predicted molar refractivity (Wildman–Crippen MR) is 115 cm³/mol. The fourth-order valence-electron chi connectivity index (χ4n) is 2.99. The summed E-state index contributed by atoms with van der Waals surface area (Å²) in [4.78, 5) is 31.6. The second-order valence-corrected chi connectivity index (χ2v) is 8.23. The molecule has 1 aliphatic heterocycles. The highest BCUT2D eigenvalue weighted by molar-refractivity contribution is 9.10. The SMILES string of the molecule is C=CCN1C(=O)COc2ccc(-c3nc(NC(=O)c4ccc(Br)o4)sc3C)cc21. The minimum Gasteiger partial charge on any atom is -0.482 e. The van der Waals surface area contributed by atoms with Crippen molar-refractivity contribution in [2.45, 2.75) is 6.92 Å². The van der Waals surface area contributed by atoms with Crippen LogP contribution in [-0.4, -0.2) is 29.9 Å². The minimum atomic E-state index is -0.377. The van der Waals surface area contributed by atoms with Gasteiger partial charge in [-0.1, -0.05) is 6.08 Å². The van der Waals surface area contributed by atoms with Gasteiger partial charge in [0, 0.05) is 17.0 Å². The van der Waals surface area contributed by atoms with E-state index < -0.39 is 0 Å². The number of aryl methyl sites for hydroxylation is 1. The van der Waals surface area contributed by atoms with Crippen molar-refractivity contribution in [2.24, 2.45) is 0 Å². The van der Waals surface area contributed by atoms with Crippen molar-refractivity contribution in [3.8, 4) is 17.0 Å². The molecule has 0 unspecified atom stereocenters. The van der Waals surface area contributed by atoms with Gasteiger partial charge in [0.1, 0.15) is 5.75 Å². The maximum Gasteiger partial charge on any atom is 0.293 e. The topological polar surface area (TPSA) is 84.7 Å². The van der Waals surface area contributed by atoms with Crippen LogP contribution in [0.1, 0.15) is 15.4 Å². The van der Waals surface area contributed by atoms with Crippen LogP contribution >= 0.6 is 27.3 Å². The number of furan rings is 1. The second-order valence-electron chi connectivity index (χ2n) is 6.25. The lowest BCUT2D eigenvalue weighted by atomic mass is 10.1. The van der Waals surface area contributed by atoms with Gasteiger partial charge in [0.05, 0.1) is 11.4 Å². The molecule has 0 saturated heterocycles. The molecular formula is C20H16BrN3O4S. The number of rotatable bonds is 5. The van der Waals surface area contributed by atoms with Crippen LogP contribution < -0.4 is 15.0 Å². The van der Waals surface area contributed by atoms with Crippen molar-refractivity contribution < 1.29 is 18.7 Å². The molecule has 0 spiro atoms. The van der Waals surface area contributed by atoms with E-state index in [1.807, 2.05) is 25.1 Å². The fourth-order valence-corrected chi connectivity index (χ4v) is 4.13. The smallest absolute Gasteiger partial charge is 0.293 e. The number of nitrogens with one attached hydrogen (secondary N) is 1. The van der Waals surface area contributed by atoms with Gasteiger partial charge in [-0.3, -0.25) is 14.9 Å². The normalized spacial score (nSPS) is 13.0. The maximum absolute atomic E-state index is 12.3. The van der Waals surface area contributed by atoms with Crippen molar-refractivity contribution in [3.05, 3.63) is 58.3 Å². The largest absolute Gasteiger partial charge is 0.482 e. The number of aromatic nitrogens is 1. The average molecular weight is 474 g/mol. The molecule has 1 aromatic carbocycles. The van der Waals surface area contributed by atoms with Gasteiger partial charge in [0.25, 0.3) is 11.8 Å². The number of carbonyl (C=O) groups excluding carboxylic acids is 2. The van der Waals surface area contributed by atoms with Crippen LogP contribution in [0.3, 0.4) is 0 Å². The monoisotopic (exact) mass is 473 g/mol. The Morgan fingerprint density at radius 2 is 2.24 bits per heavy atom. The van der Waals surface area contributed by atoms with Crippen LogP contribution in [0, 0.1) is 6.92 Å². The zero-order valence-corrected chi connectivity index (χ0v) is 17.8. The molecule has 1 N–H and O–H groups in total. The molecular weight excluding hydrogens is 458 g/mol. The molecule has 148 valence electrons. The molecule has 3 aromatic rings. The van der Waals surface area contributed by atoms with E-state index in [1.165, 1.54) is 11.3 Å². The number of hydrogen-bond donors (Lipinski definition) is 1. The summed E-state index contributed by atoms with van der Waals surface area (Å²) in [6.07, 6.45) is 1.67. The van der Waals surface area contributed by atoms with E-state index in [-0.39, 0.29) is 24.2 Å². The molecule has 0 bridgehead atoms. The molecule has 0 aliphatic carbocycles. The number of fused-ring (bicyclic) bond motifs is 1. The highest BCUT2D eigenvalue weighted by atomic mass is 79.9. The third-order valence-corrected chi connectivity index (χ3v) is 5.61. The molecule has 1 aliphatic rings. The number of nitrogens with zero attached hydrogens (tertiary/aromatic N) is 2. The van der Waals surface area contributed by atoms with E-state index >= 15 is 0 Å². The molecule has 0 fully saturated rings. The molecule has 0 radical (unpaired) electrons. The molecule has 4 rings (SSSR count). The van der Waals surface area contributed by atoms with Crippen LogP contribution in [0.5, 0.6) is 5.75 Å². The van der Waals surface area contributed by atoms with E-state index in [0.717, 1.165) is 16.1 Å². The third kappa shape index (κ3) is 3.83. The van der Waals surface area contributed by atoms with Gasteiger partial charge in [-0.05, 0) is 53.2 Å². The molecule has 2 amide bonds. The Kier molecular flexibility index (Phi) is 5.25. The summed E-state index contributed by atoms with van der Waals surface area (Å²) in [6, 6.07) is 8.81. The molecule has 29 heavy (non-hydrogen) atoms. The van der Waals surface area contributed by atoms with Crippen LogP contribution in [0.4, 0.5) is 10.8 Å². The Hall–Kier alpha value is -2.91. The first kappa shape index (κ1) is 19.4. The standard InChI is InChI=1S/C20H16BrN3O4S/c1-3-8-24-13-9-12(4-5-14(13)27-10-17(24)25)18-11(2)29-20(22-18)23-19(26)15-6-7-16(21)28-15/h3-7,9H,1,8,10H2,2H3,(H,22,23,26). The number of amides is 2. The fraction of sp³-hybridized carbons (Fsp3) is 0.150. The maximum atomic E-state index is 12.3. The number of carbonyl (C=O) groups is 2. The zero-order valence-electron chi connectivity index (χ0n) is 15.4. The Morgan fingerprint density at radius 3 is 2.97 bits per heavy atom. The first-order valence-corrected chi connectivity index (χ1v) is 10.3. The van der Waals surface area contributed by atoms with Crippen molar-refractivity contribution in [1.82, 2.24) is 4.98 Å². The van der Waals surface area contributed by atoms with Crippen molar-refractivity contribution in [2.75, 3.05) is 23.4 Å². The number of ether oxygens (including phenoxy) is 1. The van der Waals surface area contributed by atoms with Gasteiger partial charge in [0.2, 0.25) is 0 Å². The molecule has 9 heteroatoms. The van der Waals surface area contributed by atoms with Gasteiger partial charge >= 0.3 is 0 Å². The van der Waals surface area contributed by atoms with Crippen LogP contribution in [0.25, 0.3) is 11.3 Å². The van der Waals surface area contributed by atoms with Crippen LogP contribution in [0.2, 0.25) is 0 Å². The van der Waals surface area contributed by atoms with Gasteiger partial charge in [-0.25, -0.2) is 4.98 Å². The van der Waals surface area contributed by atoms with E-state index in [9.17, 15) is 9.59 Å². The van der Waals surface area contributed by atoms with Crippen LogP contribution in [0.15, 0.2) is 52.1 Å². The molecule has 3 heterocycles. The number of thiazole rings is 1. The number of halogens is 1. The van der Waals surface area contributed by atoms with Crippen molar-refractivity contribution in [3.63, 3.8) is 0 Å². The number of benzene rings is 1. The average Bonchev–Trinajstić information content (AvgIpc) is 3.29. The third-order valence-electron chi connectivity index (χ3n) is 4.30. The lowest BCUT2D eigenvalue weighted by Crippen LogP contribution is -2.38. The lowest BCUT2D eigenvalue weighted by Gasteiger charge is -2.28. The van der Waals surface area contributed by atoms with Gasteiger partial charge in [-0.15, -0.1) is 17.9 Å². The van der Waals surface area contributed by atoms with E-state index in [1.54, 1.807) is 23.1 Å². The summed E-state index contributed by atoms with van der Waals surface area (Å²) < 4.78 is 11.3. The summed E-state index contributed by atoms with van der Waals surface area (Å²) in [6.45, 7) is 6.05. The van der Waals surface area contributed by atoms with Gasteiger partial charge < -0.3 is 14.1 Å². The second kappa shape index (κ2) is 7.84. The molecule has 0 atom stereocenters. The first-order chi connectivity index (χ1) is 14.0. The van der Waals surface area contributed by atoms with Gasteiger partial charge in [0.15, 0.2) is 22.2 Å². The highest BCUT2D eigenvalue weighted by Gasteiger charge is 2.25. The van der Waals surface area contributed by atoms with Crippen LogP contribution in [-0.2, 0) is 4.79 Å². The summed E-state index contributed by atoms with van der Waals surface area (Å²) in [7, 11) is 0. The van der Waals surface area contributed by atoms with E-state index in [2.05, 4.69) is 32.8 Å². The Labute approximate surface area is 179 Å². The molecule has 2 aromatic heterocycles. The predicted octanol–water partition coefficient (Wildman–Crippen LogP) is 4.64. The minimum absolute atomic E-state index is 0.00892. The Morgan fingerprint density at radius 1 is 1.41 bits per heavy atom. The van der Waals surface area contributed by atoms with Gasteiger partial charge in [-0.2, -0.15) is 0 Å². The first-order valence-electron chi connectivity index (χ1n) is 8.69. The highest BCUT2D eigenvalue weighted by Crippen LogP contribution is 2.38.